The Morgan fingerprint density at radius 3 is 2.52 bits per heavy atom. The smallest absolute Gasteiger partial charge is 0.225 e. The minimum Gasteiger partial charge on any atom is -0.342 e. The molecule has 0 aromatic rings. The molecular weight excluding hydrogens is 314 g/mol. The maximum atomic E-state index is 12.9. The second-order valence-electron chi connectivity index (χ2n) is 8.81. The molecule has 5 nitrogen and oxygen atoms in total. The highest BCUT2D eigenvalue weighted by molar-refractivity contribution is 5.79. The second-order valence-corrected chi connectivity index (χ2v) is 8.81. The van der Waals surface area contributed by atoms with Crippen molar-refractivity contribution < 1.29 is 9.59 Å². The first kappa shape index (κ1) is 17.3. The summed E-state index contributed by atoms with van der Waals surface area (Å²) in [7, 11) is 0. The van der Waals surface area contributed by atoms with Crippen LogP contribution in [0.5, 0.6) is 0 Å². The van der Waals surface area contributed by atoms with E-state index >= 15 is 0 Å². The van der Waals surface area contributed by atoms with E-state index < -0.39 is 0 Å². The van der Waals surface area contributed by atoms with Crippen molar-refractivity contribution in [1.29, 1.82) is 0 Å². The van der Waals surface area contributed by atoms with Crippen LogP contribution in [0.2, 0.25) is 0 Å². The average Bonchev–Trinajstić information content (AvgIpc) is 2.86. The van der Waals surface area contributed by atoms with Gasteiger partial charge in [0.15, 0.2) is 0 Å². The van der Waals surface area contributed by atoms with Gasteiger partial charge in [-0.3, -0.25) is 9.59 Å². The van der Waals surface area contributed by atoms with E-state index in [1.807, 2.05) is 0 Å². The van der Waals surface area contributed by atoms with Gasteiger partial charge in [-0.1, -0.05) is 0 Å². The third-order valence-corrected chi connectivity index (χ3v) is 7.27. The lowest BCUT2D eigenvalue weighted by Crippen LogP contribution is -2.56. The molecule has 3 saturated heterocycles. The quantitative estimate of drug-likeness (QED) is 0.833. The molecule has 5 heteroatoms. The van der Waals surface area contributed by atoms with Crippen molar-refractivity contribution in [2.75, 3.05) is 32.7 Å². The Hall–Kier alpha value is -1.10. The van der Waals surface area contributed by atoms with Crippen LogP contribution < -0.4 is 5.32 Å². The van der Waals surface area contributed by atoms with Gasteiger partial charge >= 0.3 is 0 Å². The molecule has 0 bridgehead atoms. The van der Waals surface area contributed by atoms with Gasteiger partial charge < -0.3 is 15.1 Å². The first-order valence-electron chi connectivity index (χ1n) is 10.5. The predicted octanol–water partition coefficient (Wildman–Crippen LogP) is 2.16. The minimum absolute atomic E-state index is 0.225. The molecule has 4 aliphatic rings. The summed E-state index contributed by atoms with van der Waals surface area (Å²) >= 11 is 0. The van der Waals surface area contributed by atoms with Gasteiger partial charge in [-0.05, 0) is 76.3 Å². The number of nitrogens with zero attached hydrogens (tertiary/aromatic N) is 2. The molecular formula is C20H33N3O2. The maximum absolute atomic E-state index is 12.9. The van der Waals surface area contributed by atoms with Crippen molar-refractivity contribution in [2.24, 2.45) is 11.3 Å². The highest BCUT2D eigenvalue weighted by Crippen LogP contribution is 2.43. The Bertz CT molecular complexity index is 501. The van der Waals surface area contributed by atoms with Gasteiger partial charge in [0, 0.05) is 38.0 Å². The molecule has 1 N–H and O–H groups in total. The third-order valence-electron chi connectivity index (χ3n) is 7.27. The summed E-state index contributed by atoms with van der Waals surface area (Å²) in [6, 6.07) is 0.517. The molecule has 0 aromatic carbocycles. The van der Waals surface area contributed by atoms with E-state index in [9.17, 15) is 9.59 Å². The topological polar surface area (TPSA) is 52.7 Å². The summed E-state index contributed by atoms with van der Waals surface area (Å²) in [5.74, 6) is 0.990. The third kappa shape index (κ3) is 3.57. The number of carbonyl (C=O) groups excluding carboxylic acids is 2. The van der Waals surface area contributed by atoms with E-state index in [2.05, 4.69) is 15.1 Å². The number of rotatable bonds is 2. The fourth-order valence-corrected chi connectivity index (χ4v) is 5.21. The van der Waals surface area contributed by atoms with E-state index in [1.54, 1.807) is 0 Å². The molecule has 1 spiro atoms. The largest absolute Gasteiger partial charge is 0.342 e. The molecule has 0 radical (unpaired) electrons. The van der Waals surface area contributed by atoms with E-state index in [0.29, 0.717) is 17.9 Å². The molecule has 1 aliphatic carbocycles. The minimum atomic E-state index is 0.225. The molecule has 3 heterocycles. The molecule has 3 aliphatic heterocycles. The molecule has 0 aromatic heterocycles. The predicted molar refractivity (Wildman–Crippen MR) is 97.0 cm³/mol. The van der Waals surface area contributed by atoms with E-state index in [-0.39, 0.29) is 11.3 Å². The zero-order valence-electron chi connectivity index (χ0n) is 15.5. The van der Waals surface area contributed by atoms with Gasteiger partial charge in [0.25, 0.3) is 0 Å². The number of carbonyl (C=O) groups is 2. The highest BCUT2D eigenvalue weighted by Gasteiger charge is 2.44. The van der Waals surface area contributed by atoms with Gasteiger partial charge in [-0.15, -0.1) is 0 Å². The number of likely N-dealkylation sites (tertiary alicyclic amines) is 2. The molecule has 2 amide bonds. The Balaban J connectivity index is 1.34. The number of amides is 2. The summed E-state index contributed by atoms with van der Waals surface area (Å²) in [5.41, 5.74) is 0.283. The van der Waals surface area contributed by atoms with Gasteiger partial charge in [0.2, 0.25) is 11.8 Å². The number of hydrogen-bond acceptors (Lipinski definition) is 3. The van der Waals surface area contributed by atoms with Crippen LogP contribution in [0.15, 0.2) is 0 Å². The lowest BCUT2D eigenvalue weighted by molar-refractivity contribution is -0.148. The van der Waals surface area contributed by atoms with Crippen LogP contribution in [-0.4, -0.2) is 60.4 Å². The molecule has 0 unspecified atom stereocenters. The summed E-state index contributed by atoms with van der Waals surface area (Å²) in [5, 5.41) is 3.40. The van der Waals surface area contributed by atoms with Crippen molar-refractivity contribution in [2.45, 2.75) is 70.3 Å². The zero-order chi connectivity index (χ0) is 17.3. The molecule has 4 fully saturated rings. The fraction of sp³-hybridized carbons (Fsp3) is 0.900. The van der Waals surface area contributed by atoms with Crippen LogP contribution in [0.1, 0.15) is 64.2 Å². The molecule has 1 saturated carbocycles. The number of nitrogens with one attached hydrogen (secondary N) is 1. The van der Waals surface area contributed by atoms with Crippen LogP contribution in [0.4, 0.5) is 0 Å². The SMILES string of the molecule is O=C([C@H]1CCCNCC1)N1CCC2(CCC(=O)N(C3CCC3)C2)CC1. The first-order chi connectivity index (χ1) is 12.2. The van der Waals surface area contributed by atoms with Crippen molar-refractivity contribution in [3.63, 3.8) is 0 Å². The Morgan fingerprint density at radius 2 is 1.80 bits per heavy atom. The molecule has 140 valence electrons. The van der Waals surface area contributed by atoms with E-state index in [0.717, 1.165) is 77.7 Å². The molecule has 25 heavy (non-hydrogen) atoms. The van der Waals surface area contributed by atoms with E-state index in [4.69, 9.17) is 0 Å². The first-order valence-corrected chi connectivity index (χ1v) is 10.5. The second kappa shape index (κ2) is 7.26. The fourth-order valence-electron chi connectivity index (χ4n) is 5.21. The summed E-state index contributed by atoms with van der Waals surface area (Å²) < 4.78 is 0. The lowest BCUT2D eigenvalue weighted by Gasteiger charge is -2.51. The average molecular weight is 348 g/mol. The number of piperidine rings is 2. The van der Waals surface area contributed by atoms with Crippen LogP contribution >= 0.6 is 0 Å². The highest BCUT2D eigenvalue weighted by atomic mass is 16.2. The summed E-state index contributed by atoms with van der Waals surface area (Å²) in [6.07, 6.45) is 10.7. The number of hydrogen-bond donors (Lipinski definition) is 1. The Labute approximate surface area is 151 Å². The van der Waals surface area contributed by atoms with Crippen LogP contribution in [-0.2, 0) is 9.59 Å². The van der Waals surface area contributed by atoms with Crippen molar-refractivity contribution in [1.82, 2.24) is 15.1 Å². The van der Waals surface area contributed by atoms with Crippen LogP contribution in [0.25, 0.3) is 0 Å². The zero-order valence-corrected chi connectivity index (χ0v) is 15.5. The van der Waals surface area contributed by atoms with Crippen LogP contribution in [0, 0.1) is 11.3 Å². The Morgan fingerprint density at radius 1 is 1.00 bits per heavy atom. The Kier molecular flexibility index (Phi) is 5.03. The van der Waals surface area contributed by atoms with Crippen molar-refractivity contribution >= 4 is 11.8 Å². The summed E-state index contributed by atoms with van der Waals surface area (Å²) in [4.78, 5) is 29.5. The standard InChI is InChI=1S/C20H33N3O2/c24-18-6-8-20(15-23(18)17-4-1-5-17)9-13-22(14-10-20)19(25)16-3-2-11-21-12-7-16/h16-17,21H,1-15H2/t16-/m0/s1. The normalized spacial score (nSPS) is 30.9. The van der Waals surface area contributed by atoms with Gasteiger partial charge in [0.1, 0.15) is 0 Å². The van der Waals surface area contributed by atoms with Gasteiger partial charge in [0.05, 0.1) is 0 Å². The van der Waals surface area contributed by atoms with Gasteiger partial charge in [-0.2, -0.15) is 0 Å². The van der Waals surface area contributed by atoms with Crippen molar-refractivity contribution in [3.8, 4) is 0 Å². The molecule has 4 rings (SSSR count). The van der Waals surface area contributed by atoms with Crippen molar-refractivity contribution in [3.05, 3.63) is 0 Å². The van der Waals surface area contributed by atoms with E-state index in [1.165, 1.54) is 19.3 Å². The summed E-state index contributed by atoms with van der Waals surface area (Å²) in [6.45, 7) is 4.78. The monoisotopic (exact) mass is 347 g/mol. The lowest BCUT2D eigenvalue weighted by atomic mass is 9.71. The molecule has 1 atom stereocenters. The maximum Gasteiger partial charge on any atom is 0.225 e. The van der Waals surface area contributed by atoms with Crippen LogP contribution in [0.3, 0.4) is 0 Å². The van der Waals surface area contributed by atoms with Gasteiger partial charge in [-0.25, -0.2) is 0 Å².